The molecule has 0 radical (unpaired) electrons. The summed E-state index contributed by atoms with van der Waals surface area (Å²) in [5.74, 6) is 0.880. The molecule has 2 unspecified atom stereocenters. The first-order valence-corrected chi connectivity index (χ1v) is 10.6. The Morgan fingerprint density at radius 3 is 2.86 bits per heavy atom. The minimum absolute atomic E-state index is 0.0965. The summed E-state index contributed by atoms with van der Waals surface area (Å²) >= 11 is 1.67. The van der Waals surface area contributed by atoms with E-state index in [1.165, 1.54) is 7.11 Å². The number of nitrogens with zero attached hydrogens (tertiary/aromatic N) is 3. The van der Waals surface area contributed by atoms with E-state index in [4.69, 9.17) is 14.7 Å². The third-order valence-corrected chi connectivity index (χ3v) is 5.89. The maximum Gasteiger partial charge on any atom is 0.310 e. The van der Waals surface area contributed by atoms with Gasteiger partial charge in [-0.05, 0) is 12.8 Å². The second-order valence-electron chi connectivity index (χ2n) is 7.01. The molecule has 1 N–H and O–H groups in total. The van der Waals surface area contributed by atoms with Crippen molar-refractivity contribution in [3.05, 3.63) is 41.4 Å². The molecule has 2 atom stereocenters. The first kappa shape index (κ1) is 20.3. The van der Waals surface area contributed by atoms with Gasteiger partial charge in [-0.2, -0.15) is 0 Å². The minimum Gasteiger partial charge on any atom is -0.469 e. The maximum absolute atomic E-state index is 12.0. The van der Waals surface area contributed by atoms with Crippen LogP contribution in [0.25, 0.3) is 10.6 Å². The van der Waals surface area contributed by atoms with Gasteiger partial charge in [0, 0.05) is 43.5 Å². The zero-order valence-corrected chi connectivity index (χ0v) is 17.5. The molecule has 2 heterocycles. The lowest BCUT2D eigenvalue weighted by Crippen LogP contribution is -2.40. The predicted molar refractivity (Wildman–Crippen MR) is 113 cm³/mol. The van der Waals surface area contributed by atoms with Gasteiger partial charge in [-0.25, -0.2) is 4.98 Å². The Kier molecular flexibility index (Phi) is 7.03. The molecular weight excluding hydrogens is 372 g/mol. The number of carbonyl (C=O) groups excluding carboxylic acids is 1. The number of likely N-dealkylation sites (tertiary alicyclic amines) is 1. The van der Waals surface area contributed by atoms with Crippen molar-refractivity contribution in [3.63, 3.8) is 0 Å². The number of aliphatic imine (C=N–C) groups is 1. The molecule has 0 bridgehead atoms. The zero-order valence-electron chi connectivity index (χ0n) is 16.7. The molecule has 0 amide bonds. The molecular formula is C21H28N4O2S. The molecule has 150 valence electrons. The van der Waals surface area contributed by atoms with Gasteiger partial charge in [-0.15, -0.1) is 11.3 Å². The lowest BCUT2D eigenvalue weighted by atomic mass is 9.99. The number of esters is 1. The van der Waals surface area contributed by atoms with Crippen LogP contribution in [-0.4, -0.2) is 55.1 Å². The number of benzene rings is 1. The van der Waals surface area contributed by atoms with Gasteiger partial charge in [0.2, 0.25) is 0 Å². The standard InChI is InChI=1S/C21H28N4O2S/c1-4-22-21(25-12-15(2)18(13-25)20(26)27-3)23-11-10-17-14-28-19(24-17)16-8-6-5-7-9-16/h5-9,14-15,18H,4,10-13H2,1-3H3,(H,22,23). The summed E-state index contributed by atoms with van der Waals surface area (Å²) in [4.78, 5) is 23.6. The molecule has 6 nitrogen and oxygen atoms in total. The SMILES string of the molecule is CCNC(=NCCc1csc(-c2ccccc2)n1)N1CC(C)C(C(=O)OC)C1. The number of methoxy groups -OCH3 is 1. The number of hydrogen-bond acceptors (Lipinski definition) is 5. The summed E-state index contributed by atoms with van der Waals surface area (Å²) in [6, 6.07) is 10.2. The van der Waals surface area contributed by atoms with Crippen molar-refractivity contribution in [2.24, 2.45) is 16.8 Å². The Bertz CT molecular complexity index is 806. The van der Waals surface area contributed by atoms with E-state index in [1.807, 2.05) is 18.2 Å². The third-order valence-electron chi connectivity index (χ3n) is 4.95. The number of hydrogen-bond donors (Lipinski definition) is 1. The van der Waals surface area contributed by atoms with Crippen LogP contribution in [0.3, 0.4) is 0 Å². The molecule has 1 saturated heterocycles. The van der Waals surface area contributed by atoms with Crippen LogP contribution in [0.5, 0.6) is 0 Å². The van der Waals surface area contributed by atoms with E-state index in [-0.39, 0.29) is 17.8 Å². The van der Waals surface area contributed by atoms with Crippen LogP contribution in [-0.2, 0) is 16.0 Å². The highest BCUT2D eigenvalue weighted by atomic mass is 32.1. The quantitative estimate of drug-likeness (QED) is 0.459. The number of ether oxygens (including phenoxy) is 1. The van der Waals surface area contributed by atoms with Gasteiger partial charge >= 0.3 is 5.97 Å². The largest absolute Gasteiger partial charge is 0.469 e. The van der Waals surface area contributed by atoms with E-state index >= 15 is 0 Å². The molecule has 0 spiro atoms. The molecule has 1 aliphatic rings. The Morgan fingerprint density at radius 1 is 1.36 bits per heavy atom. The van der Waals surface area contributed by atoms with Crippen molar-refractivity contribution < 1.29 is 9.53 Å². The predicted octanol–water partition coefficient (Wildman–Crippen LogP) is 3.06. The van der Waals surface area contributed by atoms with E-state index in [0.29, 0.717) is 13.1 Å². The molecule has 1 aliphatic heterocycles. The molecule has 0 aliphatic carbocycles. The third kappa shape index (κ3) is 4.90. The van der Waals surface area contributed by atoms with Crippen molar-refractivity contribution >= 4 is 23.3 Å². The molecule has 2 aromatic rings. The highest BCUT2D eigenvalue weighted by Crippen LogP contribution is 2.25. The topological polar surface area (TPSA) is 66.8 Å². The van der Waals surface area contributed by atoms with Gasteiger partial charge < -0.3 is 15.0 Å². The van der Waals surface area contributed by atoms with Crippen molar-refractivity contribution in [2.75, 3.05) is 33.3 Å². The number of rotatable bonds is 6. The van der Waals surface area contributed by atoms with Gasteiger partial charge in [0.25, 0.3) is 0 Å². The first-order valence-electron chi connectivity index (χ1n) is 9.73. The van der Waals surface area contributed by atoms with E-state index in [2.05, 4.69) is 41.6 Å². The van der Waals surface area contributed by atoms with E-state index in [1.54, 1.807) is 11.3 Å². The summed E-state index contributed by atoms with van der Waals surface area (Å²) in [6.07, 6.45) is 0.794. The summed E-state index contributed by atoms with van der Waals surface area (Å²) in [5.41, 5.74) is 2.21. The van der Waals surface area contributed by atoms with Gasteiger partial charge in [-0.3, -0.25) is 9.79 Å². The Labute approximate surface area is 170 Å². The fourth-order valence-electron chi connectivity index (χ4n) is 3.44. The monoisotopic (exact) mass is 400 g/mol. The van der Waals surface area contributed by atoms with Crippen molar-refractivity contribution in [1.29, 1.82) is 0 Å². The summed E-state index contributed by atoms with van der Waals surface area (Å²) < 4.78 is 4.94. The van der Waals surface area contributed by atoms with Crippen LogP contribution < -0.4 is 5.32 Å². The van der Waals surface area contributed by atoms with Crippen LogP contribution in [0.1, 0.15) is 19.5 Å². The van der Waals surface area contributed by atoms with Gasteiger partial charge in [0.15, 0.2) is 5.96 Å². The van der Waals surface area contributed by atoms with Crippen molar-refractivity contribution in [1.82, 2.24) is 15.2 Å². The minimum atomic E-state index is -0.137. The van der Waals surface area contributed by atoms with Crippen LogP contribution >= 0.6 is 11.3 Å². The van der Waals surface area contributed by atoms with E-state index < -0.39 is 0 Å². The average molecular weight is 401 g/mol. The Morgan fingerprint density at radius 2 is 2.14 bits per heavy atom. The number of nitrogens with one attached hydrogen (secondary N) is 1. The van der Waals surface area contributed by atoms with Gasteiger partial charge in [-0.1, -0.05) is 37.3 Å². The number of guanidine groups is 1. The smallest absolute Gasteiger partial charge is 0.310 e. The fourth-order valence-corrected chi connectivity index (χ4v) is 4.30. The highest BCUT2D eigenvalue weighted by molar-refractivity contribution is 7.13. The second kappa shape index (κ2) is 9.68. The lowest BCUT2D eigenvalue weighted by molar-refractivity contribution is -0.145. The maximum atomic E-state index is 12.0. The van der Waals surface area contributed by atoms with Crippen LogP contribution in [0, 0.1) is 11.8 Å². The zero-order chi connectivity index (χ0) is 19.9. The Balaban J connectivity index is 1.61. The van der Waals surface area contributed by atoms with Crippen LogP contribution in [0.2, 0.25) is 0 Å². The number of aromatic nitrogens is 1. The molecule has 1 aromatic carbocycles. The van der Waals surface area contributed by atoms with Crippen molar-refractivity contribution in [2.45, 2.75) is 20.3 Å². The fraction of sp³-hybridized carbons (Fsp3) is 0.476. The molecule has 28 heavy (non-hydrogen) atoms. The molecule has 7 heteroatoms. The first-order chi connectivity index (χ1) is 13.6. The van der Waals surface area contributed by atoms with E-state index in [0.717, 1.165) is 41.7 Å². The van der Waals surface area contributed by atoms with Gasteiger partial charge in [0.05, 0.1) is 18.7 Å². The second-order valence-corrected chi connectivity index (χ2v) is 7.87. The lowest BCUT2D eigenvalue weighted by Gasteiger charge is -2.21. The number of carbonyl (C=O) groups is 1. The van der Waals surface area contributed by atoms with Crippen molar-refractivity contribution in [3.8, 4) is 10.6 Å². The summed E-state index contributed by atoms with van der Waals surface area (Å²) in [7, 11) is 1.45. The summed E-state index contributed by atoms with van der Waals surface area (Å²) in [5, 5.41) is 6.50. The van der Waals surface area contributed by atoms with Gasteiger partial charge in [0.1, 0.15) is 5.01 Å². The summed E-state index contributed by atoms with van der Waals surface area (Å²) in [6.45, 7) is 7.05. The van der Waals surface area contributed by atoms with E-state index in [9.17, 15) is 4.79 Å². The normalized spacial score (nSPS) is 19.7. The highest BCUT2D eigenvalue weighted by Gasteiger charge is 2.36. The molecule has 1 fully saturated rings. The molecule has 0 saturated carbocycles. The number of thiazole rings is 1. The average Bonchev–Trinajstić information content (AvgIpc) is 3.34. The molecule has 3 rings (SSSR count). The van der Waals surface area contributed by atoms with Crippen LogP contribution in [0.15, 0.2) is 40.7 Å². The molecule has 1 aromatic heterocycles. The van der Waals surface area contributed by atoms with Crippen LogP contribution in [0.4, 0.5) is 0 Å². The Hall–Kier alpha value is -2.41.